The van der Waals surface area contributed by atoms with Crippen molar-refractivity contribution in [2.24, 2.45) is 0 Å². The van der Waals surface area contributed by atoms with Crippen molar-refractivity contribution in [3.63, 3.8) is 0 Å². The Balaban J connectivity index is 1.80. The van der Waals surface area contributed by atoms with Crippen LogP contribution in [0.3, 0.4) is 0 Å². The largest absolute Gasteiger partial charge is 0.482 e. The Morgan fingerprint density at radius 1 is 1.18 bits per heavy atom. The van der Waals surface area contributed by atoms with Gasteiger partial charge in [0.25, 0.3) is 11.8 Å². The second kappa shape index (κ2) is 7.77. The first-order chi connectivity index (χ1) is 10.6. The molecule has 0 fully saturated rings. The van der Waals surface area contributed by atoms with Gasteiger partial charge < -0.3 is 4.74 Å². The molecule has 2 amide bonds. The van der Waals surface area contributed by atoms with E-state index >= 15 is 0 Å². The zero-order valence-electron chi connectivity index (χ0n) is 11.2. The fraction of sp³-hybridized carbons (Fsp3) is 0.0714. The third-order valence-electron chi connectivity index (χ3n) is 2.51. The number of nitrogens with zero attached hydrogens (tertiary/aromatic N) is 1. The van der Waals surface area contributed by atoms with E-state index < -0.39 is 11.8 Å². The van der Waals surface area contributed by atoms with Crippen molar-refractivity contribution in [3.05, 3.63) is 57.8 Å². The topological polar surface area (TPSA) is 80.3 Å². The third-order valence-corrected chi connectivity index (χ3v) is 3.30. The number of amides is 2. The number of pyridine rings is 1. The summed E-state index contributed by atoms with van der Waals surface area (Å²) in [5, 5.41) is 0.378. The Morgan fingerprint density at radius 3 is 2.59 bits per heavy atom. The van der Waals surface area contributed by atoms with Crippen LogP contribution in [0.15, 0.2) is 47.2 Å². The molecule has 0 radical (unpaired) electrons. The maximum Gasteiger partial charge on any atom is 0.276 e. The van der Waals surface area contributed by atoms with E-state index in [-0.39, 0.29) is 6.61 Å². The van der Waals surface area contributed by atoms with Gasteiger partial charge in [0, 0.05) is 22.4 Å². The van der Waals surface area contributed by atoms with Gasteiger partial charge in [-0.3, -0.25) is 25.4 Å². The molecule has 8 heteroatoms. The highest BCUT2D eigenvalue weighted by atomic mass is 79.9. The molecule has 22 heavy (non-hydrogen) atoms. The van der Waals surface area contributed by atoms with E-state index in [0.717, 1.165) is 4.47 Å². The molecule has 0 saturated heterocycles. The van der Waals surface area contributed by atoms with Gasteiger partial charge >= 0.3 is 0 Å². The van der Waals surface area contributed by atoms with Crippen molar-refractivity contribution >= 4 is 39.3 Å². The average Bonchev–Trinajstić information content (AvgIpc) is 2.52. The van der Waals surface area contributed by atoms with Crippen LogP contribution in [-0.4, -0.2) is 23.4 Å². The third kappa shape index (κ3) is 4.71. The van der Waals surface area contributed by atoms with Crippen LogP contribution in [0, 0.1) is 0 Å². The zero-order chi connectivity index (χ0) is 15.9. The van der Waals surface area contributed by atoms with E-state index in [4.69, 9.17) is 16.3 Å². The highest BCUT2D eigenvalue weighted by Crippen LogP contribution is 2.27. The molecule has 1 aromatic heterocycles. The molecule has 6 nitrogen and oxygen atoms in total. The number of carbonyl (C=O) groups is 2. The summed E-state index contributed by atoms with van der Waals surface area (Å²) in [6.45, 7) is -0.280. The van der Waals surface area contributed by atoms with Gasteiger partial charge in [0.1, 0.15) is 5.75 Å². The minimum absolute atomic E-state index is 0.280. The van der Waals surface area contributed by atoms with Gasteiger partial charge in [-0.05, 0) is 30.3 Å². The lowest BCUT2D eigenvalue weighted by Gasteiger charge is -2.09. The number of rotatable bonds is 4. The number of hydrogen-bond donors (Lipinski definition) is 2. The van der Waals surface area contributed by atoms with Crippen molar-refractivity contribution < 1.29 is 14.3 Å². The van der Waals surface area contributed by atoms with E-state index in [0.29, 0.717) is 16.3 Å². The molecule has 0 unspecified atom stereocenters. The van der Waals surface area contributed by atoms with Crippen LogP contribution in [0.1, 0.15) is 10.4 Å². The number of hydrogen-bond acceptors (Lipinski definition) is 4. The molecule has 0 aliphatic carbocycles. The van der Waals surface area contributed by atoms with Crippen LogP contribution in [0.25, 0.3) is 0 Å². The highest BCUT2D eigenvalue weighted by Gasteiger charge is 2.09. The van der Waals surface area contributed by atoms with Crippen molar-refractivity contribution in [2.45, 2.75) is 0 Å². The van der Waals surface area contributed by atoms with Gasteiger partial charge in [-0.2, -0.15) is 0 Å². The van der Waals surface area contributed by atoms with Crippen LogP contribution >= 0.6 is 27.5 Å². The molecule has 0 aliphatic heterocycles. The minimum Gasteiger partial charge on any atom is -0.482 e. The molecule has 1 aromatic carbocycles. The fourth-order valence-corrected chi connectivity index (χ4v) is 2.20. The van der Waals surface area contributed by atoms with Crippen LogP contribution < -0.4 is 15.6 Å². The number of hydrazine groups is 1. The van der Waals surface area contributed by atoms with Gasteiger partial charge in [0.2, 0.25) is 0 Å². The average molecular weight is 385 g/mol. The lowest BCUT2D eigenvalue weighted by molar-refractivity contribution is -0.123. The normalized spacial score (nSPS) is 9.91. The summed E-state index contributed by atoms with van der Waals surface area (Å²) in [6, 6.07) is 8.08. The van der Waals surface area contributed by atoms with E-state index in [1.165, 1.54) is 24.5 Å². The van der Waals surface area contributed by atoms with Crippen molar-refractivity contribution in [3.8, 4) is 5.75 Å². The predicted molar refractivity (Wildman–Crippen MR) is 84.5 cm³/mol. The number of aromatic nitrogens is 1. The summed E-state index contributed by atoms with van der Waals surface area (Å²) in [7, 11) is 0. The molecule has 114 valence electrons. The number of ether oxygens (including phenoxy) is 1. The smallest absolute Gasteiger partial charge is 0.276 e. The fourth-order valence-electron chi connectivity index (χ4n) is 1.47. The van der Waals surface area contributed by atoms with Crippen LogP contribution in [0.2, 0.25) is 5.02 Å². The van der Waals surface area contributed by atoms with Crippen molar-refractivity contribution in [1.82, 2.24) is 15.8 Å². The standard InChI is InChI=1S/C14H11BrClN3O3/c15-10-1-2-12(11(16)7-10)22-8-13(20)18-19-14(21)9-3-5-17-6-4-9/h1-7H,8H2,(H,18,20)(H,19,21). The molecule has 0 spiro atoms. The maximum atomic E-state index is 11.7. The molecule has 1 heterocycles. The molecule has 0 saturated carbocycles. The van der Waals surface area contributed by atoms with Crippen LogP contribution in [0.4, 0.5) is 0 Å². The monoisotopic (exact) mass is 383 g/mol. The molecule has 2 rings (SSSR count). The SMILES string of the molecule is O=C(COc1ccc(Br)cc1Cl)NNC(=O)c1ccncc1. The Bertz CT molecular complexity index is 682. The summed E-state index contributed by atoms with van der Waals surface area (Å²) in [5.74, 6) is -0.584. The molecule has 0 atom stereocenters. The van der Waals surface area contributed by atoms with Gasteiger partial charge in [-0.25, -0.2) is 0 Å². The first-order valence-electron chi connectivity index (χ1n) is 6.13. The van der Waals surface area contributed by atoms with E-state index in [1.54, 1.807) is 18.2 Å². The van der Waals surface area contributed by atoms with Crippen molar-refractivity contribution in [1.29, 1.82) is 0 Å². The van der Waals surface area contributed by atoms with E-state index in [1.807, 2.05) is 0 Å². The molecular weight excluding hydrogens is 374 g/mol. The minimum atomic E-state index is -0.513. The Labute approximate surface area is 139 Å². The van der Waals surface area contributed by atoms with E-state index in [2.05, 4.69) is 31.8 Å². The Morgan fingerprint density at radius 2 is 1.91 bits per heavy atom. The second-order valence-electron chi connectivity index (χ2n) is 4.10. The van der Waals surface area contributed by atoms with Crippen LogP contribution in [0.5, 0.6) is 5.75 Å². The Hall–Kier alpha value is -2.12. The maximum absolute atomic E-state index is 11.7. The number of halogens is 2. The van der Waals surface area contributed by atoms with Gasteiger partial charge in [-0.15, -0.1) is 0 Å². The van der Waals surface area contributed by atoms with Crippen molar-refractivity contribution in [2.75, 3.05) is 6.61 Å². The summed E-state index contributed by atoms with van der Waals surface area (Å²) in [4.78, 5) is 27.1. The Kier molecular flexibility index (Phi) is 5.74. The second-order valence-corrected chi connectivity index (χ2v) is 5.42. The number of carbonyl (C=O) groups excluding carboxylic acids is 2. The molecule has 0 bridgehead atoms. The molecular formula is C14H11BrClN3O3. The lowest BCUT2D eigenvalue weighted by atomic mass is 10.3. The molecule has 2 N–H and O–H groups in total. The van der Waals surface area contributed by atoms with Gasteiger partial charge in [0.05, 0.1) is 5.02 Å². The molecule has 0 aliphatic rings. The summed E-state index contributed by atoms with van der Waals surface area (Å²) in [6.07, 6.45) is 2.96. The first-order valence-corrected chi connectivity index (χ1v) is 7.30. The predicted octanol–water partition coefficient (Wildman–Crippen LogP) is 2.34. The van der Waals surface area contributed by atoms with Crippen LogP contribution in [-0.2, 0) is 4.79 Å². The quantitative estimate of drug-likeness (QED) is 0.793. The summed E-state index contributed by atoms with van der Waals surface area (Å²) < 4.78 is 6.07. The summed E-state index contributed by atoms with van der Waals surface area (Å²) in [5.41, 5.74) is 4.90. The summed E-state index contributed by atoms with van der Waals surface area (Å²) >= 11 is 9.23. The highest BCUT2D eigenvalue weighted by molar-refractivity contribution is 9.10. The number of nitrogens with one attached hydrogen (secondary N) is 2. The zero-order valence-corrected chi connectivity index (χ0v) is 13.5. The van der Waals surface area contributed by atoms with Gasteiger partial charge in [-0.1, -0.05) is 27.5 Å². The van der Waals surface area contributed by atoms with Gasteiger partial charge in [0.15, 0.2) is 6.61 Å². The number of benzene rings is 1. The molecule has 2 aromatic rings. The first kappa shape index (κ1) is 16.3. The van der Waals surface area contributed by atoms with E-state index in [9.17, 15) is 9.59 Å². The lowest BCUT2D eigenvalue weighted by Crippen LogP contribution is -2.43.